The largest absolute Gasteiger partial charge is 0.497 e. The Kier molecular flexibility index (Phi) is 1.58. The molecule has 1 rings (SSSR count). The van der Waals surface area contributed by atoms with E-state index >= 15 is 0 Å². The predicted molar refractivity (Wildman–Crippen MR) is 37.4 cm³/mol. The zero-order chi connectivity index (χ0) is 6.69. The molecule has 0 amide bonds. The Balaban J connectivity index is 2.94. The molecular weight excluding hydrogens is 113 g/mol. The molecule has 48 valence electrons. The molecule has 0 radical (unpaired) electrons. The molecule has 0 spiro atoms. The van der Waals surface area contributed by atoms with Crippen LogP contribution in [0.25, 0.3) is 0 Å². The van der Waals surface area contributed by atoms with E-state index in [4.69, 9.17) is 10.5 Å². The molecule has 0 saturated carbocycles. The lowest BCUT2D eigenvalue weighted by Crippen LogP contribution is -1.86. The molecule has 0 aliphatic rings. The first-order valence-corrected chi connectivity index (χ1v) is 2.72. The fourth-order valence-electron chi connectivity index (χ4n) is 0.642. The molecule has 2 N–H and O–H groups in total. The Bertz CT molecular complexity index is 198. The number of rotatable bonds is 1. The monoisotopic (exact) mass is 122 g/mol. The Morgan fingerprint density at radius 1 is 1.44 bits per heavy atom. The van der Waals surface area contributed by atoms with E-state index in [-0.39, 0.29) is 0 Å². The zero-order valence-corrected chi connectivity index (χ0v) is 5.29. The Morgan fingerprint density at radius 3 is 2.67 bits per heavy atom. The third-order valence-corrected chi connectivity index (χ3v) is 1.09. The fraction of sp³-hybridized carbons (Fsp3) is 0.143. The summed E-state index contributed by atoms with van der Waals surface area (Å²) in [4.78, 5) is 0. The predicted octanol–water partition coefficient (Wildman–Crippen LogP) is 1.28. The van der Waals surface area contributed by atoms with Crippen molar-refractivity contribution in [3.8, 4) is 5.75 Å². The van der Waals surface area contributed by atoms with Gasteiger partial charge in [0.2, 0.25) is 0 Å². The highest BCUT2D eigenvalue weighted by Gasteiger charge is 1.87. The maximum absolute atomic E-state index is 5.45. The molecule has 0 aliphatic heterocycles. The quantitative estimate of drug-likeness (QED) is 0.569. The van der Waals surface area contributed by atoms with Gasteiger partial charge in [-0.1, -0.05) is 6.07 Å². The molecule has 0 heterocycles. The van der Waals surface area contributed by atoms with Crippen molar-refractivity contribution in [3.05, 3.63) is 24.3 Å². The van der Waals surface area contributed by atoms with Crippen LogP contribution in [0.2, 0.25) is 0 Å². The molecule has 0 saturated heterocycles. The van der Waals surface area contributed by atoms with E-state index in [2.05, 4.69) is 0 Å². The Labute approximate surface area is 54.2 Å². The molecule has 1 aromatic carbocycles. The number of ether oxygens (including phenoxy) is 1. The fourth-order valence-corrected chi connectivity index (χ4v) is 0.642. The molecule has 0 aromatic heterocycles. The van der Waals surface area contributed by atoms with Crippen LogP contribution in [-0.4, -0.2) is 7.11 Å². The van der Waals surface area contributed by atoms with Crippen LogP contribution in [-0.2, 0) is 0 Å². The average Bonchev–Trinajstić information content (AvgIpc) is 1.88. The lowest BCUT2D eigenvalue weighted by Gasteiger charge is -1.97. The minimum atomic E-state index is 0.731. The van der Waals surface area contributed by atoms with Gasteiger partial charge in [-0.3, -0.25) is 0 Å². The summed E-state index contributed by atoms with van der Waals surface area (Å²) < 4.78 is 4.92. The van der Waals surface area contributed by atoms with Crippen molar-refractivity contribution in [1.82, 2.24) is 0 Å². The Morgan fingerprint density at radius 2 is 2.22 bits per heavy atom. The second-order valence-corrected chi connectivity index (χ2v) is 1.78. The second kappa shape index (κ2) is 2.40. The number of nitrogen functional groups attached to an aromatic ring is 1. The van der Waals surface area contributed by atoms with E-state index in [1.165, 1.54) is 0 Å². The number of hydrogen-bond acceptors (Lipinski definition) is 2. The van der Waals surface area contributed by atoms with E-state index in [0.717, 1.165) is 11.4 Å². The highest BCUT2D eigenvalue weighted by atomic mass is 16.5. The molecule has 9 heavy (non-hydrogen) atoms. The van der Waals surface area contributed by atoms with Crippen molar-refractivity contribution >= 4 is 5.69 Å². The number of nitrogens with two attached hydrogens (primary N) is 1. The third-order valence-electron chi connectivity index (χ3n) is 1.09. The molecular formula is C7H9NO. The molecule has 2 nitrogen and oxygen atoms in total. The van der Waals surface area contributed by atoms with E-state index in [9.17, 15) is 0 Å². The highest BCUT2D eigenvalue weighted by molar-refractivity contribution is 5.43. The number of anilines is 1. The van der Waals surface area contributed by atoms with Crippen LogP contribution < -0.4 is 10.5 Å². The van der Waals surface area contributed by atoms with E-state index in [1.807, 2.05) is 18.2 Å². The lowest BCUT2D eigenvalue weighted by molar-refractivity contribution is 0.415. The highest BCUT2D eigenvalue weighted by Crippen LogP contribution is 2.12. The van der Waals surface area contributed by atoms with Crippen molar-refractivity contribution in [3.63, 3.8) is 0 Å². The summed E-state index contributed by atoms with van der Waals surface area (Å²) >= 11 is 0. The van der Waals surface area contributed by atoms with Gasteiger partial charge in [-0.15, -0.1) is 0 Å². The Hall–Kier alpha value is -1.18. The smallest absolute Gasteiger partial charge is 0.120 e. The van der Waals surface area contributed by atoms with Gasteiger partial charge in [0.1, 0.15) is 5.75 Å². The topological polar surface area (TPSA) is 35.2 Å². The van der Waals surface area contributed by atoms with Gasteiger partial charge < -0.3 is 10.5 Å². The first kappa shape index (κ1) is 5.95. The summed E-state index contributed by atoms with van der Waals surface area (Å²) in [6.07, 6.45) is 0. The summed E-state index contributed by atoms with van der Waals surface area (Å²) in [5.41, 5.74) is 6.19. The van der Waals surface area contributed by atoms with E-state index in [0.29, 0.717) is 0 Å². The summed E-state index contributed by atoms with van der Waals surface area (Å²) in [6.45, 7) is 0. The molecule has 2 heteroatoms. The molecule has 0 bridgehead atoms. The minimum Gasteiger partial charge on any atom is -0.497 e. The standard InChI is InChI=1S/C7H9NO/c1-9-7-4-2-3-6(8)5-7/h2-5H,8H2,1H3/i6-1. The van der Waals surface area contributed by atoms with Gasteiger partial charge in [0.25, 0.3) is 0 Å². The lowest BCUT2D eigenvalue weighted by atomic mass is 9.93. The van der Waals surface area contributed by atoms with Gasteiger partial charge in [-0.2, -0.15) is 0 Å². The van der Waals surface area contributed by atoms with Crippen LogP contribution in [0, 0.1) is 0 Å². The number of benzene rings is 1. The molecule has 1 aromatic rings. The normalized spacial score (nSPS) is 9.00. The third kappa shape index (κ3) is 1.35. The van der Waals surface area contributed by atoms with Crippen molar-refractivity contribution in [2.75, 3.05) is 12.8 Å². The number of hydrogen-bond donors (Lipinski definition) is 1. The first-order chi connectivity index (χ1) is 4.33. The summed E-state index contributed by atoms with van der Waals surface area (Å²) in [5.74, 6) is 0.801. The van der Waals surface area contributed by atoms with Gasteiger partial charge in [0, 0.05) is 11.8 Å². The van der Waals surface area contributed by atoms with Crippen LogP contribution in [0.5, 0.6) is 5.75 Å². The second-order valence-electron chi connectivity index (χ2n) is 1.78. The molecule has 0 fully saturated rings. The zero-order valence-electron chi connectivity index (χ0n) is 5.29. The molecule has 0 atom stereocenters. The van der Waals surface area contributed by atoms with E-state index < -0.39 is 0 Å². The molecule has 0 aliphatic carbocycles. The summed E-state index contributed by atoms with van der Waals surface area (Å²) in [6, 6.07) is 7.31. The number of methoxy groups -OCH3 is 1. The van der Waals surface area contributed by atoms with Gasteiger partial charge in [-0.05, 0) is 12.1 Å². The van der Waals surface area contributed by atoms with Gasteiger partial charge in [-0.25, -0.2) is 0 Å². The van der Waals surface area contributed by atoms with Gasteiger partial charge in [0.05, 0.1) is 7.11 Å². The average molecular weight is 122 g/mol. The van der Waals surface area contributed by atoms with Crippen molar-refractivity contribution < 1.29 is 4.74 Å². The maximum Gasteiger partial charge on any atom is 0.120 e. The summed E-state index contributed by atoms with van der Waals surface area (Å²) in [7, 11) is 1.62. The van der Waals surface area contributed by atoms with Crippen molar-refractivity contribution in [1.29, 1.82) is 0 Å². The molecule has 0 unspecified atom stereocenters. The van der Waals surface area contributed by atoms with Gasteiger partial charge in [0.15, 0.2) is 0 Å². The van der Waals surface area contributed by atoms with Crippen LogP contribution in [0.15, 0.2) is 24.3 Å². The van der Waals surface area contributed by atoms with Crippen molar-refractivity contribution in [2.24, 2.45) is 0 Å². The van der Waals surface area contributed by atoms with Gasteiger partial charge >= 0.3 is 0 Å². The van der Waals surface area contributed by atoms with Crippen LogP contribution in [0.4, 0.5) is 5.69 Å². The SMILES string of the molecule is COc1ccc[11c](N)c1. The van der Waals surface area contributed by atoms with Crippen LogP contribution in [0.1, 0.15) is 0 Å². The van der Waals surface area contributed by atoms with Crippen LogP contribution >= 0.6 is 0 Å². The minimum absolute atomic E-state index is 0.731. The van der Waals surface area contributed by atoms with Crippen LogP contribution in [0.3, 0.4) is 0 Å². The summed E-state index contributed by atoms with van der Waals surface area (Å²) in [5, 5.41) is 0. The van der Waals surface area contributed by atoms with Crippen molar-refractivity contribution in [2.45, 2.75) is 0 Å². The maximum atomic E-state index is 5.45. The van der Waals surface area contributed by atoms with E-state index in [1.54, 1.807) is 13.2 Å². The first-order valence-electron chi connectivity index (χ1n) is 2.72.